The molecule has 18 heteroatoms. The van der Waals surface area contributed by atoms with E-state index in [2.05, 4.69) is 15.6 Å². The van der Waals surface area contributed by atoms with Crippen molar-refractivity contribution in [3.8, 4) is 17.0 Å². The fourth-order valence-corrected chi connectivity index (χ4v) is 6.05. The fourth-order valence-electron chi connectivity index (χ4n) is 6.05. The van der Waals surface area contributed by atoms with Crippen LogP contribution in [0.25, 0.3) is 11.3 Å². The summed E-state index contributed by atoms with van der Waals surface area (Å²) in [5.41, 5.74) is 2.19. The van der Waals surface area contributed by atoms with Gasteiger partial charge in [-0.25, -0.2) is 9.48 Å². The van der Waals surface area contributed by atoms with Gasteiger partial charge in [0.25, 0.3) is 0 Å². The molecule has 3 aromatic rings. The van der Waals surface area contributed by atoms with Crippen molar-refractivity contribution in [3.63, 3.8) is 0 Å². The molecule has 0 bridgehead atoms. The summed E-state index contributed by atoms with van der Waals surface area (Å²) in [6.07, 6.45) is -7.94. The van der Waals surface area contributed by atoms with Gasteiger partial charge in [-0.2, -0.15) is 13.2 Å². The molecular formula is C37H46F3N5O10. The molecule has 2 heterocycles. The third kappa shape index (κ3) is 12.1. The minimum Gasteiger partial charge on any atom is -0.496 e. The van der Waals surface area contributed by atoms with Gasteiger partial charge in [0.2, 0.25) is 0 Å². The van der Waals surface area contributed by atoms with Crippen LogP contribution in [0.5, 0.6) is 5.75 Å². The van der Waals surface area contributed by atoms with Gasteiger partial charge >= 0.3 is 30.1 Å². The van der Waals surface area contributed by atoms with E-state index < -0.39 is 73.8 Å². The first-order valence-corrected chi connectivity index (χ1v) is 17.6. The summed E-state index contributed by atoms with van der Waals surface area (Å²) in [5, 5.41) is 11.1. The Bertz CT molecular complexity index is 1760. The molecule has 2 aromatic carbocycles. The van der Waals surface area contributed by atoms with Crippen LogP contribution in [0.3, 0.4) is 0 Å². The van der Waals surface area contributed by atoms with Crippen LogP contribution in [0, 0.1) is 11.8 Å². The van der Waals surface area contributed by atoms with E-state index in [1.807, 2.05) is 6.92 Å². The lowest BCUT2D eigenvalue weighted by Gasteiger charge is -2.44. The number of aromatic nitrogens is 3. The fraction of sp³-hybridized carbons (Fsp3) is 0.514. The molecule has 1 aromatic heterocycles. The molecular weight excluding hydrogens is 731 g/mol. The topological polar surface area (TPSA) is 170 Å². The minimum absolute atomic E-state index is 0.0162. The zero-order valence-electron chi connectivity index (χ0n) is 31.4. The molecule has 6 atom stereocenters. The average Bonchev–Trinajstić information content (AvgIpc) is 3.60. The van der Waals surface area contributed by atoms with E-state index >= 15 is 0 Å². The molecule has 1 saturated heterocycles. The Hall–Kier alpha value is -5.23. The molecule has 1 fully saturated rings. The molecule has 0 radical (unpaired) electrons. The number of nitrogens with zero attached hydrogens (tertiary/aromatic N) is 4. The number of hydrogen-bond donors (Lipinski definition) is 1. The monoisotopic (exact) mass is 777 g/mol. The van der Waals surface area contributed by atoms with Gasteiger partial charge in [0.05, 0.1) is 33.0 Å². The quantitative estimate of drug-likeness (QED) is 0.158. The second-order valence-corrected chi connectivity index (χ2v) is 13.0. The van der Waals surface area contributed by atoms with Crippen molar-refractivity contribution in [2.24, 2.45) is 11.8 Å². The molecule has 300 valence electrons. The van der Waals surface area contributed by atoms with Crippen molar-refractivity contribution in [1.29, 1.82) is 0 Å². The molecule has 1 aliphatic heterocycles. The number of ether oxygens (including phenoxy) is 6. The van der Waals surface area contributed by atoms with Crippen molar-refractivity contribution < 1.29 is 60.8 Å². The molecule has 3 unspecified atom stereocenters. The number of hydrogen-bond acceptors (Lipinski definition) is 12. The number of methoxy groups -OCH3 is 1. The maximum atomic E-state index is 13.6. The highest BCUT2D eigenvalue weighted by molar-refractivity contribution is 5.82. The van der Waals surface area contributed by atoms with Crippen LogP contribution >= 0.6 is 0 Å². The second kappa shape index (κ2) is 19.4. The zero-order valence-corrected chi connectivity index (χ0v) is 31.4. The highest BCUT2D eigenvalue weighted by Gasteiger charge is 2.46. The lowest BCUT2D eigenvalue weighted by Crippen LogP contribution is -2.54. The standard InChI is InChI=1S/C37H46F3N5O10/c1-7-41-36(49)52-20-28-14-13-27(15-31(28)50-6)30-18-45(43-42-30)19-32-33(54-25(5)47)22(2)23(3)34(55-32)51-21-29(53-24(4)46)17-44(35(48)37(38,39)40)16-26-11-9-8-10-12-26/h8-15,18,22-23,29,32-34H,7,16-17,19-21H2,1-6H3,(H,41,49)/t22-,23?,29?,32?,33-,34+/m1/s1. The number of amides is 2. The number of rotatable bonds is 16. The van der Waals surface area contributed by atoms with Crippen LogP contribution < -0.4 is 10.1 Å². The summed E-state index contributed by atoms with van der Waals surface area (Å²) >= 11 is 0. The average molecular weight is 778 g/mol. The summed E-state index contributed by atoms with van der Waals surface area (Å²) in [4.78, 5) is 49.0. The third-order valence-corrected chi connectivity index (χ3v) is 8.87. The van der Waals surface area contributed by atoms with Crippen LogP contribution in [0.1, 0.15) is 45.7 Å². The van der Waals surface area contributed by atoms with Crippen molar-refractivity contribution in [2.45, 2.75) is 85.1 Å². The van der Waals surface area contributed by atoms with Crippen LogP contribution in [-0.2, 0) is 57.8 Å². The number of halogens is 3. The first kappa shape index (κ1) is 42.5. The van der Waals surface area contributed by atoms with Gasteiger partial charge in [-0.15, -0.1) is 5.10 Å². The lowest BCUT2D eigenvalue weighted by molar-refractivity contribution is -0.274. The normalized spacial score (nSPS) is 20.2. The van der Waals surface area contributed by atoms with Crippen molar-refractivity contribution in [2.75, 3.05) is 26.8 Å². The zero-order chi connectivity index (χ0) is 40.3. The number of alkyl carbamates (subject to hydrolysis) is 1. The second-order valence-electron chi connectivity index (χ2n) is 13.0. The van der Waals surface area contributed by atoms with Gasteiger partial charge in [0.15, 0.2) is 6.29 Å². The summed E-state index contributed by atoms with van der Waals surface area (Å²) in [7, 11) is 1.49. The Balaban J connectivity index is 1.51. The summed E-state index contributed by atoms with van der Waals surface area (Å²) in [5.74, 6) is -3.72. The Labute approximate surface area is 316 Å². The van der Waals surface area contributed by atoms with Crippen LogP contribution in [-0.4, -0.2) is 101 Å². The Morgan fingerprint density at radius 1 is 1.04 bits per heavy atom. The number of nitrogens with one attached hydrogen (secondary N) is 1. The maximum absolute atomic E-state index is 13.6. The van der Waals surface area contributed by atoms with Crippen molar-refractivity contribution in [1.82, 2.24) is 25.2 Å². The van der Waals surface area contributed by atoms with E-state index in [1.54, 1.807) is 68.6 Å². The van der Waals surface area contributed by atoms with E-state index in [9.17, 15) is 32.3 Å². The predicted octanol–water partition coefficient (Wildman–Crippen LogP) is 4.67. The number of alkyl halides is 3. The van der Waals surface area contributed by atoms with E-state index in [0.717, 1.165) is 6.92 Å². The van der Waals surface area contributed by atoms with Crippen LogP contribution in [0.15, 0.2) is 54.7 Å². The molecule has 0 saturated carbocycles. The Kier molecular flexibility index (Phi) is 15.0. The van der Waals surface area contributed by atoms with Gasteiger partial charge in [0.1, 0.15) is 36.4 Å². The van der Waals surface area contributed by atoms with E-state index in [-0.39, 0.29) is 25.6 Å². The van der Waals surface area contributed by atoms with E-state index in [1.165, 1.54) is 18.7 Å². The molecule has 1 N–H and O–H groups in total. The SMILES string of the molecule is CCNC(=O)OCc1ccc(-c2cn(CC3O[C@H](OCC(CN(Cc4ccccc4)C(=O)C(F)(F)F)OC(C)=O)C(C)[C@@H](C)[C@H]3OC(C)=O)nn2)cc1OC. The summed E-state index contributed by atoms with van der Waals surface area (Å²) in [6, 6.07) is 13.3. The molecule has 2 amide bonds. The van der Waals surface area contributed by atoms with E-state index in [0.29, 0.717) is 39.6 Å². The highest BCUT2D eigenvalue weighted by Crippen LogP contribution is 2.35. The molecule has 0 aliphatic carbocycles. The smallest absolute Gasteiger partial charge is 0.471 e. The Morgan fingerprint density at radius 2 is 1.76 bits per heavy atom. The molecule has 0 spiro atoms. The molecule has 15 nitrogen and oxygen atoms in total. The van der Waals surface area contributed by atoms with Crippen LogP contribution in [0.4, 0.5) is 18.0 Å². The summed E-state index contributed by atoms with van der Waals surface area (Å²) in [6.45, 7) is 6.82. The predicted molar refractivity (Wildman–Crippen MR) is 188 cm³/mol. The third-order valence-electron chi connectivity index (χ3n) is 8.87. The van der Waals surface area contributed by atoms with Gasteiger partial charge < -0.3 is 38.6 Å². The molecule has 4 rings (SSSR count). The first-order valence-electron chi connectivity index (χ1n) is 17.6. The van der Waals surface area contributed by atoms with Crippen molar-refractivity contribution in [3.05, 3.63) is 65.9 Å². The number of esters is 2. The largest absolute Gasteiger partial charge is 0.496 e. The van der Waals surface area contributed by atoms with Crippen molar-refractivity contribution >= 4 is 23.9 Å². The number of carbonyl (C=O) groups excluding carboxylic acids is 4. The number of benzene rings is 2. The number of carbonyl (C=O) groups is 4. The van der Waals surface area contributed by atoms with Gasteiger partial charge in [-0.05, 0) is 18.6 Å². The van der Waals surface area contributed by atoms with E-state index in [4.69, 9.17) is 28.4 Å². The van der Waals surface area contributed by atoms with Gasteiger partial charge in [0, 0.05) is 49.9 Å². The lowest BCUT2D eigenvalue weighted by atomic mass is 9.84. The molecule has 55 heavy (non-hydrogen) atoms. The van der Waals surface area contributed by atoms with Crippen LogP contribution in [0.2, 0.25) is 0 Å². The van der Waals surface area contributed by atoms with Gasteiger partial charge in [-0.1, -0.05) is 61.5 Å². The first-order chi connectivity index (χ1) is 26.1. The molecule has 1 aliphatic rings. The highest BCUT2D eigenvalue weighted by atomic mass is 19.4. The minimum atomic E-state index is -5.18. The Morgan fingerprint density at radius 3 is 2.40 bits per heavy atom. The maximum Gasteiger partial charge on any atom is 0.471 e. The summed E-state index contributed by atoms with van der Waals surface area (Å²) < 4.78 is 76.5. The van der Waals surface area contributed by atoms with Gasteiger partial charge in [-0.3, -0.25) is 14.4 Å².